The third-order valence-electron chi connectivity index (χ3n) is 3.10. The smallest absolute Gasteiger partial charge is 0.245 e. The van der Waals surface area contributed by atoms with Crippen molar-refractivity contribution in [2.45, 2.75) is 0 Å². The zero-order valence-electron chi connectivity index (χ0n) is 10.2. The number of nitrogens with zero attached hydrogens (tertiary/aromatic N) is 3. The highest BCUT2D eigenvalue weighted by Gasteiger charge is 2.18. The first kappa shape index (κ1) is 11.9. The second-order valence-corrected chi connectivity index (χ2v) is 4.36. The number of anilines is 1. The van der Waals surface area contributed by atoms with Crippen LogP contribution in [0.5, 0.6) is 5.75 Å². The number of hydrogen-bond donors (Lipinski definition) is 3. The number of benzene rings is 1. The van der Waals surface area contributed by atoms with Gasteiger partial charge >= 0.3 is 0 Å². The number of phenolic OH excluding ortho intramolecular Hbond substituents is 1. The lowest BCUT2D eigenvalue weighted by Gasteiger charge is -2.25. The third-order valence-corrected chi connectivity index (χ3v) is 3.10. The zero-order chi connectivity index (χ0) is 13.2. The van der Waals surface area contributed by atoms with E-state index in [0.717, 1.165) is 26.2 Å². The van der Waals surface area contributed by atoms with E-state index >= 15 is 0 Å². The van der Waals surface area contributed by atoms with Crippen LogP contribution in [0.2, 0.25) is 0 Å². The Morgan fingerprint density at radius 2 is 2.05 bits per heavy atom. The van der Waals surface area contributed by atoms with Gasteiger partial charge in [-0.1, -0.05) is 6.07 Å². The molecule has 0 radical (unpaired) electrons. The SMILES string of the molecule is Oc1cccc(F)c1-c1nc(N2CCNCC2)n[nH]1. The van der Waals surface area contributed by atoms with Gasteiger partial charge in [-0.3, -0.25) is 5.10 Å². The maximum absolute atomic E-state index is 13.7. The van der Waals surface area contributed by atoms with Crippen molar-refractivity contribution in [1.29, 1.82) is 0 Å². The fourth-order valence-corrected chi connectivity index (χ4v) is 2.12. The van der Waals surface area contributed by atoms with E-state index in [0.29, 0.717) is 5.95 Å². The molecule has 3 rings (SSSR count). The lowest BCUT2D eigenvalue weighted by Crippen LogP contribution is -2.44. The molecule has 2 heterocycles. The molecule has 0 spiro atoms. The summed E-state index contributed by atoms with van der Waals surface area (Å²) in [5.74, 6) is 0.0920. The monoisotopic (exact) mass is 263 g/mol. The molecule has 1 fully saturated rings. The van der Waals surface area contributed by atoms with Gasteiger partial charge in [-0.25, -0.2) is 4.39 Å². The molecule has 0 unspecified atom stereocenters. The van der Waals surface area contributed by atoms with Crippen molar-refractivity contribution < 1.29 is 9.50 Å². The van der Waals surface area contributed by atoms with E-state index in [9.17, 15) is 9.50 Å². The minimum atomic E-state index is -0.525. The summed E-state index contributed by atoms with van der Waals surface area (Å²) in [6.07, 6.45) is 0. The van der Waals surface area contributed by atoms with Crippen LogP contribution < -0.4 is 10.2 Å². The van der Waals surface area contributed by atoms with Crippen LogP contribution in [0.25, 0.3) is 11.4 Å². The molecule has 0 amide bonds. The molecule has 7 heteroatoms. The van der Waals surface area contributed by atoms with Crippen molar-refractivity contribution in [3.05, 3.63) is 24.0 Å². The van der Waals surface area contributed by atoms with Crippen molar-refractivity contribution in [2.75, 3.05) is 31.1 Å². The number of hydrogen-bond acceptors (Lipinski definition) is 5. The number of aromatic nitrogens is 3. The van der Waals surface area contributed by atoms with Gasteiger partial charge in [-0.15, -0.1) is 5.10 Å². The molecule has 1 aromatic carbocycles. The van der Waals surface area contributed by atoms with Crippen molar-refractivity contribution in [3.8, 4) is 17.1 Å². The van der Waals surface area contributed by atoms with Gasteiger partial charge in [0.15, 0.2) is 5.82 Å². The molecule has 19 heavy (non-hydrogen) atoms. The van der Waals surface area contributed by atoms with E-state index in [-0.39, 0.29) is 17.1 Å². The van der Waals surface area contributed by atoms with Crippen molar-refractivity contribution >= 4 is 5.95 Å². The number of H-pyrrole nitrogens is 1. The van der Waals surface area contributed by atoms with Gasteiger partial charge in [0.2, 0.25) is 5.95 Å². The topological polar surface area (TPSA) is 77.1 Å². The molecule has 0 aliphatic carbocycles. The van der Waals surface area contributed by atoms with Crippen LogP contribution in [0.3, 0.4) is 0 Å². The highest BCUT2D eigenvalue weighted by Crippen LogP contribution is 2.29. The Hall–Kier alpha value is -2.15. The Kier molecular flexibility index (Phi) is 3.04. The van der Waals surface area contributed by atoms with Crippen LogP contribution in [-0.2, 0) is 0 Å². The first-order valence-electron chi connectivity index (χ1n) is 6.11. The summed E-state index contributed by atoms with van der Waals surface area (Å²) in [7, 11) is 0. The minimum absolute atomic E-state index is 0.0522. The molecule has 0 atom stereocenters. The van der Waals surface area contributed by atoms with E-state index in [2.05, 4.69) is 20.5 Å². The Labute approximate surface area is 109 Å². The predicted octanol–water partition coefficient (Wildman–Crippen LogP) is 0.726. The Morgan fingerprint density at radius 3 is 2.79 bits per heavy atom. The van der Waals surface area contributed by atoms with Crippen LogP contribution in [0.4, 0.5) is 10.3 Å². The number of rotatable bonds is 2. The number of halogens is 1. The van der Waals surface area contributed by atoms with E-state index in [1.165, 1.54) is 18.2 Å². The molecule has 3 N–H and O–H groups in total. The standard InChI is InChI=1S/C12H14FN5O/c13-8-2-1-3-9(19)10(8)11-15-12(17-16-11)18-6-4-14-5-7-18/h1-3,14,19H,4-7H2,(H,15,16,17). The first-order valence-corrected chi connectivity index (χ1v) is 6.11. The summed E-state index contributed by atoms with van der Waals surface area (Å²) in [4.78, 5) is 6.27. The van der Waals surface area contributed by atoms with E-state index in [1.54, 1.807) is 0 Å². The molecule has 2 aromatic rings. The van der Waals surface area contributed by atoms with Gasteiger partial charge in [0.05, 0.1) is 5.56 Å². The van der Waals surface area contributed by atoms with E-state index < -0.39 is 5.82 Å². The average molecular weight is 263 g/mol. The first-order chi connectivity index (χ1) is 9.25. The van der Waals surface area contributed by atoms with Crippen molar-refractivity contribution in [1.82, 2.24) is 20.5 Å². The molecule has 1 aliphatic rings. The van der Waals surface area contributed by atoms with Crippen LogP contribution in [0.1, 0.15) is 0 Å². The van der Waals surface area contributed by atoms with Gasteiger partial charge in [0.1, 0.15) is 11.6 Å². The number of phenols is 1. The number of nitrogens with one attached hydrogen (secondary N) is 2. The number of aromatic amines is 1. The lowest BCUT2D eigenvalue weighted by atomic mass is 10.2. The number of aromatic hydroxyl groups is 1. The zero-order valence-corrected chi connectivity index (χ0v) is 10.2. The van der Waals surface area contributed by atoms with Gasteiger partial charge in [-0.2, -0.15) is 4.98 Å². The Balaban J connectivity index is 1.92. The average Bonchev–Trinajstić information content (AvgIpc) is 2.89. The Morgan fingerprint density at radius 1 is 1.26 bits per heavy atom. The summed E-state index contributed by atoms with van der Waals surface area (Å²) in [6, 6.07) is 4.15. The number of piperazine rings is 1. The van der Waals surface area contributed by atoms with Crippen LogP contribution in [0.15, 0.2) is 18.2 Å². The molecular formula is C12H14FN5O. The highest BCUT2D eigenvalue weighted by molar-refractivity contribution is 5.65. The van der Waals surface area contributed by atoms with Gasteiger partial charge < -0.3 is 15.3 Å². The molecule has 1 aromatic heterocycles. The second-order valence-electron chi connectivity index (χ2n) is 4.36. The Bertz CT molecular complexity index is 559. The molecule has 1 aliphatic heterocycles. The molecule has 0 saturated carbocycles. The maximum atomic E-state index is 13.7. The molecule has 6 nitrogen and oxygen atoms in total. The summed E-state index contributed by atoms with van der Waals surface area (Å²) >= 11 is 0. The third kappa shape index (κ3) is 2.24. The highest BCUT2D eigenvalue weighted by atomic mass is 19.1. The van der Waals surface area contributed by atoms with Gasteiger partial charge in [-0.05, 0) is 12.1 Å². The molecule has 100 valence electrons. The minimum Gasteiger partial charge on any atom is -0.507 e. The van der Waals surface area contributed by atoms with Crippen molar-refractivity contribution in [2.24, 2.45) is 0 Å². The van der Waals surface area contributed by atoms with Gasteiger partial charge in [0.25, 0.3) is 0 Å². The summed E-state index contributed by atoms with van der Waals surface area (Å²) in [5, 5.41) is 19.7. The second kappa shape index (κ2) is 4.85. The van der Waals surface area contributed by atoms with E-state index in [1.807, 2.05) is 4.90 Å². The summed E-state index contributed by atoms with van der Waals surface area (Å²) in [6.45, 7) is 3.35. The molecule has 0 bridgehead atoms. The molecular weight excluding hydrogens is 249 g/mol. The van der Waals surface area contributed by atoms with Crippen LogP contribution >= 0.6 is 0 Å². The summed E-state index contributed by atoms with van der Waals surface area (Å²) in [5.41, 5.74) is 0.0522. The normalized spacial score (nSPS) is 15.7. The van der Waals surface area contributed by atoms with Gasteiger partial charge in [0, 0.05) is 26.2 Å². The predicted molar refractivity (Wildman–Crippen MR) is 68.5 cm³/mol. The molecule has 1 saturated heterocycles. The van der Waals surface area contributed by atoms with Crippen molar-refractivity contribution in [3.63, 3.8) is 0 Å². The fraction of sp³-hybridized carbons (Fsp3) is 0.333. The van der Waals surface area contributed by atoms with Crippen LogP contribution in [0, 0.1) is 5.82 Å². The van der Waals surface area contributed by atoms with E-state index in [4.69, 9.17) is 0 Å². The van der Waals surface area contributed by atoms with Crippen LogP contribution in [-0.4, -0.2) is 46.5 Å². The maximum Gasteiger partial charge on any atom is 0.245 e. The summed E-state index contributed by atoms with van der Waals surface area (Å²) < 4.78 is 13.7. The quantitative estimate of drug-likeness (QED) is 0.744. The largest absolute Gasteiger partial charge is 0.507 e. The lowest BCUT2D eigenvalue weighted by molar-refractivity contribution is 0.471. The fourth-order valence-electron chi connectivity index (χ4n) is 2.12.